The molecule has 0 heterocycles. The number of nitrogens with one attached hydrogen (secondary N) is 1. The highest BCUT2D eigenvalue weighted by atomic mass is 28.3. The first-order valence-electron chi connectivity index (χ1n) is 3.97. The highest BCUT2D eigenvalue weighted by Gasteiger charge is 2.13. The van der Waals surface area contributed by atoms with Gasteiger partial charge in [0.25, 0.3) is 0 Å². The molecule has 0 unspecified atom stereocenters. The van der Waals surface area contributed by atoms with Crippen molar-refractivity contribution in [3.8, 4) is 0 Å². The van der Waals surface area contributed by atoms with E-state index in [0.717, 1.165) is 6.04 Å². The minimum Gasteiger partial charge on any atom is -0.450 e. The Hall–Kier alpha value is -0.553. The van der Waals surface area contributed by atoms with Crippen molar-refractivity contribution in [2.45, 2.75) is 25.7 Å². The van der Waals surface area contributed by atoms with E-state index in [4.69, 9.17) is 9.84 Å². The van der Waals surface area contributed by atoms with Crippen molar-refractivity contribution in [3.63, 3.8) is 0 Å². The summed E-state index contributed by atoms with van der Waals surface area (Å²) in [6, 6.07) is 0.950. The van der Waals surface area contributed by atoms with Crippen LogP contribution in [-0.4, -0.2) is 32.6 Å². The molecule has 0 aromatic carbocycles. The van der Waals surface area contributed by atoms with Crippen molar-refractivity contribution in [1.29, 1.82) is 0 Å². The van der Waals surface area contributed by atoms with Crippen molar-refractivity contribution in [1.82, 2.24) is 5.32 Å². The average Bonchev–Trinajstić information content (AvgIpc) is 1.84. The Labute approximate surface area is 73.9 Å². The summed E-state index contributed by atoms with van der Waals surface area (Å²) in [5.74, 6) is 0. The third-order valence-electron chi connectivity index (χ3n) is 1.31. The maximum Gasteiger partial charge on any atom is 0.408 e. The molecule has 0 saturated carbocycles. The van der Waals surface area contributed by atoms with E-state index in [1.807, 2.05) is 0 Å². The number of aliphatic hydroxyl groups excluding tert-OH is 1. The van der Waals surface area contributed by atoms with Gasteiger partial charge < -0.3 is 9.84 Å². The Balaban J connectivity index is 3.37. The number of carbonyl (C=O) groups is 1. The molecule has 12 heavy (non-hydrogen) atoms. The lowest BCUT2D eigenvalue weighted by atomic mass is 10.8. The first kappa shape index (κ1) is 11.4. The molecule has 0 spiro atoms. The fraction of sp³-hybridized carbons (Fsp3) is 0.857. The van der Waals surface area contributed by atoms with Gasteiger partial charge in [-0.2, -0.15) is 0 Å². The fourth-order valence-corrected chi connectivity index (χ4v) is 1.28. The molecular weight excluding hydrogens is 174 g/mol. The summed E-state index contributed by atoms with van der Waals surface area (Å²) in [7, 11) is -1.11. The van der Waals surface area contributed by atoms with Gasteiger partial charge in [0, 0.05) is 8.07 Å². The van der Waals surface area contributed by atoms with Gasteiger partial charge in [-0.15, -0.1) is 0 Å². The maximum atomic E-state index is 10.7. The molecule has 0 aliphatic carbocycles. The Kier molecular flexibility index (Phi) is 4.92. The molecule has 0 rings (SSSR count). The monoisotopic (exact) mass is 191 g/mol. The molecule has 0 atom stereocenters. The minimum absolute atomic E-state index is 0.369. The minimum atomic E-state index is -1.11. The normalized spacial score (nSPS) is 11.0. The third kappa shape index (κ3) is 7.55. The predicted molar refractivity (Wildman–Crippen MR) is 49.7 cm³/mol. The summed E-state index contributed by atoms with van der Waals surface area (Å²) in [5, 5.41) is 10.4. The molecule has 0 aliphatic rings. The Morgan fingerprint density at radius 2 is 2.08 bits per heavy atom. The number of rotatable bonds is 4. The lowest BCUT2D eigenvalue weighted by molar-refractivity contribution is 0.138. The lowest BCUT2D eigenvalue weighted by Crippen LogP contribution is -2.28. The van der Waals surface area contributed by atoms with E-state index in [1.165, 1.54) is 0 Å². The van der Waals surface area contributed by atoms with Crippen molar-refractivity contribution in [2.75, 3.05) is 13.3 Å². The topological polar surface area (TPSA) is 58.6 Å². The molecule has 0 bridgehead atoms. The second kappa shape index (κ2) is 5.16. The van der Waals surface area contributed by atoms with Crippen LogP contribution in [-0.2, 0) is 4.74 Å². The molecule has 72 valence electrons. The van der Waals surface area contributed by atoms with Crippen LogP contribution in [0.25, 0.3) is 0 Å². The summed E-state index contributed by atoms with van der Waals surface area (Å²) in [4.78, 5) is 10.7. The van der Waals surface area contributed by atoms with Gasteiger partial charge in [0.05, 0.1) is 6.61 Å². The van der Waals surface area contributed by atoms with Gasteiger partial charge in [-0.3, -0.25) is 5.32 Å². The maximum absolute atomic E-state index is 10.7. The number of amides is 1. The number of hydrogen-bond donors (Lipinski definition) is 2. The summed E-state index contributed by atoms with van der Waals surface area (Å²) < 4.78 is 4.78. The Morgan fingerprint density at radius 3 is 2.50 bits per heavy atom. The molecule has 0 aromatic rings. The number of hydrogen-bond acceptors (Lipinski definition) is 3. The molecule has 1 amide bonds. The van der Waals surface area contributed by atoms with E-state index in [9.17, 15) is 4.79 Å². The van der Waals surface area contributed by atoms with E-state index in [-0.39, 0.29) is 6.73 Å². The van der Waals surface area contributed by atoms with Gasteiger partial charge in [-0.05, 0) is 6.04 Å². The van der Waals surface area contributed by atoms with Crippen LogP contribution in [0.1, 0.15) is 0 Å². The predicted octanol–water partition coefficient (Wildman–Crippen LogP) is 1.00. The van der Waals surface area contributed by atoms with Crippen LogP contribution in [0.15, 0.2) is 0 Å². The largest absolute Gasteiger partial charge is 0.450 e. The van der Waals surface area contributed by atoms with E-state index in [2.05, 4.69) is 25.0 Å². The van der Waals surface area contributed by atoms with Crippen LogP contribution in [0.2, 0.25) is 25.7 Å². The van der Waals surface area contributed by atoms with Gasteiger partial charge in [0.15, 0.2) is 0 Å². The van der Waals surface area contributed by atoms with Crippen LogP contribution in [0.5, 0.6) is 0 Å². The Bertz CT molecular complexity index is 144. The van der Waals surface area contributed by atoms with Crippen LogP contribution in [0.3, 0.4) is 0 Å². The molecule has 0 aromatic heterocycles. The van der Waals surface area contributed by atoms with Crippen LogP contribution in [0, 0.1) is 0 Å². The smallest absolute Gasteiger partial charge is 0.408 e. The summed E-state index contributed by atoms with van der Waals surface area (Å²) in [6.07, 6.45) is -0.546. The highest BCUT2D eigenvalue weighted by Crippen LogP contribution is 2.07. The SMILES string of the molecule is C[Si](C)(C)CCOC(=O)NCO. The fourth-order valence-electron chi connectivity index (χ4n) is 0.565. The summed E-state index contributed by atoms with van der Waals surface area (Å²) >= 11 is 0. The van der Waals surface area contributed by atoms with Gasteiger partial charge >= 0.3 is 6.09 Å². The molecule has 0 radical (unpaired) electrons. The van der Waals surface area contributed by atoms with E-state index < -0.39 is 14.2 Å². The molecule has 0 aliphatic heterocycles. The van der Waals surface area contributed by atoms with Crippen molar-refractivity contribution < 1.29 is 14.6 Å². The standard InChI is InChI=1S/C7H17NO3Si/c1-12(2,3)5-4-11-7(10)8-6-9/h9H,4-6H2,1-3H3,(H,8,10). The molecule has 5 heteroatoms. The van der Waals surface area contributed by atoms with E-state index >= 15 is 0 Å². The van der Waals surface area contributed by atoms with E-state index in [1.54, 1.807) is 0 Å². The first-order valence-corrected chi connectivity index (χ1v) is 7.68. The zero-order valence-corrected chi connectivity index (χ0v) is 8.89. The second-order valence-electron chi connectivity index (χ2n) is 3.78. The number of aliphatic hydroxyl groups is 1. The molecule has 4 nitrogen and oxygen atoms in total. The molecule has 0 fully saturated rings. The molecular formula is C7H17NO3Si. The average molecular weight is 191 g/mol. The lowest BCUT2D eigenvalue weighted by Gasteiger charge is -2.14. The van der Waals surface area contributed by atoms with Crippen molar-refractivity contribution in [2.24, 2.45) is 0 Å². The molecule has 0 saturated heterocycles. The highest BCUT2D eigenvalue weighted by molar-refractivity contribution is 6.76. The molecule has 2 N–H and O–H groups in total. The van der Waals surface area contributed by atoms with Gasteiger partial charge in [0.2, 0.25) is 0 Å². The Morgan fingerprint density at radius 1 is 1.50 bits per heavy atom. The third-order valence-corrected chi connectivity index (χ3v) is 3.01. The van der Waals surface area contributed by atoms with Crippen LogP contribution in [0.4, 0.5) is 4.79 Å². The van der Waals surface area contributed by atoms with Crippen LogP contribution < -0.4 is 5.32 Å². The van der Waals surface area contributed by atoms with Crippen molar-refractivity contribution in [3.05, 3.63) is 0 Å². The summed E-state index contributed by atoms with van der Waals surface area (Å²) in [6.45, 7) is 6.70. The second-order valence-corrected chi connectivity index (χ2v) is 9.40. The zero-order chi connectivity index (χ0) is 9.61. The van der Waals surface area contributed by atoms with Crippen molar-refractivity contribution >= 4 is 14.2 Å². The zero-order valence-electron chi connectivity index (χ0n) is 7.89. The number of carbonyl (C=O) groups excluding carboxylic acids is 1. The number of alkyl carbamates (subject to hydrolysis) is 1. The first-order chi connectivity index (χ1) is 5.45. The van der Waals surface area contributed by atoms with Crippen LogP contribution >= 0.6 is 0 Å². The van der Waals surface area contributed by atoms with Gasteiger partial charge in [0.1, 0.15) is 6.73 Å². The number of ether oxygens (including phenoxy) is 1. The van der Waals surface area contributed by atoms with E-state index in [0.29, 0.717) is 6.61 Å². The quantitative estimate of drug-likeness (QED) is 0.515. The van der Waals surface area contributed by atoms with Gasteiger partial charge in [-0.1, -0.05) is 19.6 Å². The van der Waals surface area contributed by atoms with Gasteiger partial charge in [-0.25, -0.2) is 4.79 Å². The summed E-state index contributed by atoms with van der Waals surface area (Å²) in [5.41, 5.74) is 0.